The first-order valence-corrected chi connectivity index (χ1v) is 12.3. The molecule has 0 saturated carbocycles. The van der Waals surface area contributed by atoms with Crippen molar-refractivity contribution < 1.29 is 13.2 Å². The topological polar surface area (TPSA) is 69.7 Å². The molecule has 1 aliphatic rings. The molecule has 0 bridgehead atoms. The quantitative estimate of drug-likeness (QED) is 0.678. The van der Waals surface area contributed by atoms with Gasteiger partial charge in [-0.1, -0.05) is 24.6 Å². The minimum Gasteiger partial charge on any atom is -0.372 e. The van der Waals surface area contributed by atoms with Gasteiger partial charge in [0.1, 0.15) is 6.04 Å². The lowest BCUT2D eigenvalue weighted by Gasteiger charge is -2.30. The number of anilines is 3. The highest BCUT2D eigenvalue weighted by atomic mass is 35.5. The van der Waals surface area contributed by atoms with E-state index in [2.05, 4.69) is 10.2 Å². The van der Waals surface area contributed by atoms with Gasteiger partial charge in [0.15, 0.2) is 0 Å². The molecular formula is C22H28ClN3O3S. The molecule has 0 radical (unpaired) electrons. The molecule has 162 valence electrons. The molecule has 30 heavy (non-hydrogen) atoms. The van der Waals surface area contributed by atoms with Crippen LogP contribution in [0.3, 0.4) is 0 Å². The summed E-state index contributed by atoms with van der Waals surface area (Å²) in [5.41, 5.74) is 2.98. The molecule has 1 fully saturated rings. The van der Waals surface area contributed by atoms with Gasteiger partial charge < -0.3 is 10.2 Å². The number of hydrogen-bond acceptors (Lipinski definition) is 4. The number of rotatable bonds is 7. The Morgan fingerprint density at radius 2 is 1.80 bits per heavy atom. The molecule has 1 N–H and O–H groups in total. The first-order chi connectivity index (χ1) is 14.2. The Labute approximate surface area is 183 Å². The number of aryl methyl sites for hydroxylation is 1. The smallest absolute Gasteiger partial charge is 0.248 e. The van der Waals surface area contributed by atoms with Crippen LogP contribution in [0.25, 0.3) is 0 Å². The van der Waals surface area contributed by atoms with Gasteiger partial charge in [0.25, 0.3) is 0 Å². The van der Waals surface area contributed by atoms with Gasteiger partial charge in [-0.2, -0.15) is 0 Å². The Kier molecular flexibility index (Phi) is 6.93. The van der Waals surface area contributed by atoms with E-state index in [1.54, 1.807) is 25.1 Å². The summed E-state index contributed by atoms with van der Waals surface area (Å²) in [6.45, 7) is 5.72. The predicted octanol–water partition coefficient (Wildman–Crippen LogP) is 4.43. The number of sulfonamides is 1. The van der Waals surface area contributed by atoms with Crippen LogP contribution in [0.4, 0.5) is 17.1 Å². The highest BCUT2D eigenvalue weighted by Gasteiger charge is 2.31. The van der Waals surface area contributed by atoms with Crippen LogP contribution >= 0.6 is 11.6 Å². The summed E-state index contributed by atoms with van der Waals surface area (Å²) in [4.78, 5) is 15.3. The molecule has 0 unspecified atom stereocenters. The summed E-state index contributed by atoms with van der Waals surface area (Å²) in [6, 6.07) is 11.8. The first-order valence-electron chi connectivity index (χ1n) is 10.1. The van der Waals surface area contributed by atoms with Crippen LogP contribution < -0.4 is 14.5 Å². The van der Waals surface area contributed by atoms with E-state index in [-0.39, 0.29) is 5.91 Å². The van der Waals surface area contributed by atoms with Crippen LogP contribution in [0.5, 0.6) is 0 Å². The summed E-state index contributed by atoms with van der Waals surface area (Å²) in [7, 11) is -3.71. The van der Waals surface area contributed by atoms with Crippen molar-refractivity contribution in [3.8, 4) is 0 Å². The zero-order valence-electron chi connectivity index (χ0n) is 17.6. The Hall–Kier alpha value is -2.25. The van der Waals surface area contributed by atoms with Gasteiger partial charge in [-0.25, -0.2) is 8.42 Å². The van der Waals surface area contributed by atoms with Crippen molar-refractivity contribution >= 4 is 44.6 Å². The summed E-state index contributed by atoms with van der Waals surface area (Å²) in [6.07, 6.45) is 3.81. The van der Waals surface area contributed by atoms with Crippen LogP contribution in [-0.4, -0.2) is 39.7 Å². The van der Waals surface area contributed by atoms with Gasteiger partial charge in [0.05, 0.1) is 11.9 Å². The fraction of sp³-hybridized carbons (Fsp3) is 0.409. The number of carbonyl (C=O) groups is 1. The molecule has 1 aliphatic heterocycles. The minimum atomic E-state index is -3.71. The molecule has 2 aromatic carbocycles. The number of carbonyl (C=O) groups excluding carboxylic acids is 1. The molecule has 0 spiro atoms. The fourth-order valence-electron chi connectivity index (χ4n) is 3.74. The van der Waals surface area contributed by atoms with E-state index in [0.717, 1.165) is 34.9 Å². The molecule has 1 atom stereocenters. The van der Waals surface area contributed by atoms with E-state index >= 15 is 0 Å². The Bertz CT molecular complexity index is 1000. The minimum absolute atomic E-state index is 0.316. The van der Waals surface area contributed by atoms with Gasteiger partial charge >= 0.3 is 0 Å². The number of halogens is 1. The van der Waals surface area contributed by atoms with Gasteiger partial charge in [-0.15, -0.1) is 0 Å². The Morgan fingerprint density at radius 3 is 2.33 bits per heavy atom. The van der Waals surface area contributed by atoms with E-state index in [1.165, 1.54) is 12.8 Å². The standard InChI is InChI=1S/C22H28ClN3O3S/c1-4-21(26(30(3,28)29)19-10-7-16(2)20(23)15-19)22(27)24-17-8-11-18(12-9-17)25-13-5-6-14-25/h7-12,15,21H,4-6,13-14H2,1-3H3,(H,24,27)/t21-/m0/s1. The molecule has 1 heterocycles. The van der Waals surface area contributed by atoms with Crippen molar-refractivity contribution in [3.63, 3.8) is 0 Å². The molecule has 0 aliphatic carbocycles. The zero-order chi connectivity index (χ0) is 21.9. The highest BCUT2D eigenvalue weighted by molar-refractivity contribution is 7.92. The lowest BCUT2D eigenvalue weighted by molar-refractivity contribution is -0.117. The second-order valence-corrected chi connectivity index (χ2v) is 9.91. The van der Waals surface area contributed by atoms with Gasteiger partial charge in [0.2, 0.25) is 15.9 Å². The maximum atomic E-state index is 13.0. The van der Waals surface area contributed by atoms with Crippen LogP contribution in [-0.2, 0) is 14.8 Å². The van der Waals surface area contributed by atoms with E-state index in [4.69, 9.17) is 11.6 Å². The van der Waals surface area contributed by atoms with Crippen LogP contribution in [0.15, 0.2) is 42.5 Å². The van der Waals surface area contributed by atoms with Crippen LogP contribution in [0.1, 0.15) is 31.7 Å². The molecule has 0 aromatic heterocycles. The molecule has 1 saturated heterocycles. The normalized spacial score (nSPS) is 15.1. The summed E-state index contributed by atoms with van der Waals surface area (Å²) in [5.74, 6) is -0.381. The third kappa shape index (κ3) is 5.08. The van der Waals surface area contributed by atoms with Crippen LogP contribution in [0.2, 0.25) is 5.02 Å². The number of amides is 1. The third-order valence-electron chi connectivity index (χ3n) is 5.35. The Balaban J connectivity index is 1.82. The van der Waals surface area contributed by atoms with E-state index < -0.39 is 16.1 Å². The van der Waals surface area contributed by atoms with Gasteiger partial charge in [0, 0.05) is 29.5 Å². The fourth-order valence-corrected chi connectivity index (χ4v) is 5.11. The summed E-state index contributed by atoms with van der Waals surface area (Å²) >= 11 is 6.21. The number of nitrogens with one attached hydrogen (secondary N) is 1. The van der Waals surface area contributed by atoms with Crippen molar-refractivity contribution in [2.45, 2.75) is 39.2 Å². The monoisotopic (exact) mass is 449 g/mol. The maximum absolute atomic E-state index is 13.0. The number of nitrogens with zero attached hydrogens (tertiary/aromatic N) is 2. The molecule has 3 rings (SSSR count). The van der Waals surface area contributed by atoms with Crippen molar-refractivity contribution in [2.24, 2.45) is 0 Å². The third-order valence-corrected chi connectivity index (χ3v) is 6.93. The average molecular weight is 450 g/mol. The van der Waals surface area contributed by atoms with E-state index in [9.17, 15) is 13.2 Å². The second-order valence-electron chi connectivity index (χ2n) is 7.65. The lowest BCUT2D eigenvalue weighted by atomic mass is 10.1. The molecule has 8 heteroatoms. The summed E-state index contributed by atoms with van der Waals surface area (Å²) < 4.78 is 26.3. The molecule has 1 amide bonds. The largest absolute Gasteiger partial charge is 0.372 e. The highest BCUT2D eigenvalue weighted by Crippen LogP contribution is 2.28. The predicted molar refractivity (Wildman–Crippen MR) is 124 cm³/mol. The van der Waals surface area contributed by atoms with Crippen molar-refractivity contribution in [3.05, 3.63) is 53.1 Å². The van der Waals surface area contributed by atoms with Crippen molar-refractivity contribution in [2.75, 3.05) is 33.9 Å². The molecule has 2 aromatic rings. The number of benzene rings is 2. The molecular weight excluding hydrogens is 422 g/mol. The van der Waals surface area contributed by atoms with Crippen molar-refractivity contribution in [1.82, 2.24) is 0 Å². The van der Waals surface area contributed by atoms with E-state index in [1.807, 2.05) is 31.2 Å². The zero-order valence-corrected chi connectivity index (χ0v) is 19.1. The lowest BCUT2D eigenvalue weighted by Crippen LogP contribution is -2.47. The van der Waals surface area contributed by atoms with Gasteiger partial charge in [-0.3, -0.25) is 9.10 Å². The van der Waals surface area contributed by atoms with Gasteiger partial charge in [-0.05, 0) is 68.1 Å². The number of hydrogen-bond donors (Lipinski definition) is 1. The van der Waals surface area contributed by atoms with E-state index in [0.29, 0.717) is 22.8 Å². The molecule has 6 nitrogen and oxygen atoms in total. The van der Waals surface area contributed by atoms with Crippen LogP contribution in [0, 0.1) is 6.92 Å². The first kappa shape index (κ1) is 22.4. The second kappa shape index (κ2) is 9.27. The SMILES string of the molecule is CC[C@@H](C(=O)Nc1ccc(N2CCCC2)cc1)N(c1ccc(C)c(Cl)c1)S(C)(=O)=O. The summed E-state index contributed by atoms with van der Waals surface area (Å²) in [5, 5.41) is 3.32. The maximum Gasteiger partial charge on any atom is 0.248 e. The Morgan fingerprint density at radius 1 is 1.17 bits per heavy atom. The van der Waals surface area contributed by atoms with Crippen molar-refractivity contribution in [1.29, 1.82) is 0 Å². The average Bonchev–Trinajstić information content (AvgIpc) is 3.22.